The lowest BCUT2D eigenvalue weighted by atomic mass is 10.3. The van der Waals surface area contributed by atoms with E-state index in [4.69, 9.17) is 5.11 Å². The molecule has 0 aliphatic carbocycles. The van der Waals surface area contributed by atoms with Crippen molar-refractivity contribution in [1.29, 1.82) is 0 Å². The van der Waals surface area contributed by atoms with Gasteiger partial charge in [0.2, 0.25) is 0 Å². The Balaban J connectivity index is 2.13. The van der Waals surface area contributed by atoms with Gasteiger partial charge < -0.3 is 5.11 Å². The summed E-state index contributed by atoms with van der Waals surface area (Å²) in [5.74, 6) is 0. The summed E-state index contributed by atoms with van der Waals surface area (Å²) in [6.45, 7) is 0.646. The van der Waals surface area contributed by atoms with Crippen LogP contribution in [0.2, 0.25) is 0 Å². The van der Waals surface area contributed by atoms with E-state index >= 15 is 0 Å². The molecule has 0 aromatic heterocycles. The molecule has 0 radical (unpaired) electrons. The Bertz CT molecular complexity index is 430. The maximum Gasteiger partial charge on any atom is 0.0627 e. The molecule has 0 unspecified atom stereocenters. The third-order valence-electron chi connectivity index (χ3n) is 2.43. The van der Waals surface area contributed by atoms with E-state index in [1.165, 1.54) is 0 Å². The molecular formula is C14H16N2O. The Morgan fingerprint density at radius 1 is 0.882 bits per heavy atom. The van der Waals surface area contributed by atoms with Gasteiger partial charge >= 0.3 is 0 Å². The maximum atomic E-state index is 9.09. The fraction of sp³-hybridized carbons (Fsp3) is 0.143. The van der Waals surface area contributed by atoms with Crippen molar-refractivity contribution in [3.63, 3.8) is 0 Å². The number of hydrazine groups is 1. The average molecular weight is 228 g/mol. The molecule has 3 heteroatoms. The SMILES string of the molecule is OCCN(Nc1ccccc1)c1ccccc1. The molecule has 3 nitrogen and oxygen atoms in total. The summed E-state index contributed by atoms with van der Waals surface area (Å²) in [6.07, 6.45) is 0. The van der Waals surface area contributed by atoms with Crippen molar-refractivity contribution >= 4 is 11.4 Å². The van der Waals surface area contributed by atoms with Gasteiger partial charge in [0.05, 0.1) is 24.5 Å². The summed E-state index contributed by atoms with van der Waals surface area (Å²) in [5, 5.41) is 11.0. The van der Waals surface area contributed by atoms with E-state index in [2.05, 4.69) is 5.43 Å². The number of nitrogens with zero attached hydrogens (tertiary/aromatic N) is 1. The second-order valence-electron chi connectivity index (χ2n) is 3.69. The molecule has 2 aromatic rings. The van der Waals surface area contributed by atoms with Crippen molar-refractivity contribution in [3.8, 4) is 0 Å². The third kappa shape index (κ3) is 3.23. The summed E-state index contributed by atoms with van der Waals surface area (Å²) >= 11 is 0. The van der Waals surface area contributed by atoms with Gasteiger partial charge in [-0.2, -0.15) is 0 Å². The van der Waals surface area contributed by atoms with Crippen LogP contribution in [0.5, 0.6) is 0 Å². The Labute approximate surface area is 101 Å². The fourth-order valence-corrected chi connectivity index (χ4v) is 1.63. The topological polar surface area (TPSA) is 35.5 Å². The normalized spacial score (nSPS) is 9.94. The van der Waals surface area contributed by atoms with E-state index in [1.54, 1.807) is 0 Å². The van der Waals surface area contributed by atoms with E-state index in [9.17, 15) is 0 Å². The largest absolute Gasteiger partial charge is 0.394 e. The highest BCUT2D eigenvalue weighted by Gasteiger charge is 2.04. The van der Waals surface area contributed by atoms with Crippen molar-refractivity contribution in [3.05, 3.63) is 60.7 Å². The second-order valence-corrected chi connectivity index (χ2v) is 3.69. The first-order chi connectivity index (χ1) is 8.40. The van der Waals surface area contributed by atoms with Gasteiger partial charge in [-0.1, -0.05) is 36.4 Å². The first-order valence-corrected chi connectivity index (χ1v) is 5.65. The summed E-state index contributed by atoms with van der Waals surface area (Å²) in [4.78, 5) is 0. The zero-order valence-electron chi connectivity index (χ0n) is 9.58. The third-order valence-corrected chi connectivity index (χ3v) is 2.43. The van der Waals surface area contributed by atoms with Gasteiger partial charge in [0.25, 0.3) is 0 Å². The number of hydrogen-bond donors (Lipinski definition) is 2. The van der Waals surface area contributed by atoms with Crippen LogP contribution < -0.4 is 10.4 Å². The Morgan fingerprint density at radius 2 is 1.47 bits per heavy atom. The molecule has 0 aliphatic heterocycles. The molecule has 0 amide bonds. The van der Waals surface area contributed by atoms with Crippen molar-refractivity contribution < 1.29 is 5.11 Å². The average Bonchev–Trinajstić information content (AvgIpc) is 2.40. The minimum absolute atomic E-state index is 0.106. The maximum absolute atomic E-state index is 9.09. The van der Waals surface area contributed by atoms with Crippen LogP contribution in [0.3, 0.4) is 0 Å². The highest BCUT2D eigenvalue weighted by molar-refractivity contribution is 5.54. The molecule has 0 aliphatic rings. The molecule has 0 bridgehead atoms. The van der Waals surface area contributed by atoms with Crippen LogP contribution in [0.25, 0.3) is 0 Å². The lowest BCUT2D eigenvalue weighted by Gasteiger charge is -2.25. The number of para-hydroxylation sites is 2. The lowest BCUT2D eigenvalue weighted by molar-refractivity contribution is 0.304. The number of aliphatic hydroxyl groups excluding tert-OH is 1. The van der Waals surface area contributed by atoms with Gasteiger partial charge in [0.1, 0.15) is 0 Å². The number of rotatable bonds is 5. The number of anilines is 2. The van der Waals surface area contributed by atoms with Gasteiger partial charge in [0, 0.05) is 0 Å². The lowest BCUT2D eigenvalue weighted by Crippen LogP contribution is -2.32. The first kappa shape index (κ1) is 11.5. The van der Waals surface area contributed by atoms with Crippen LogP contribution in [0.4, 0.5) is 11.4 Å². The van der Waals surface area contributed by atoms with E-state index in [0.717, 1.165) is 11.4 Å². The minimum Gasteiger partial charge on any atom is -0.394 e. The number of aliphatic hydroxyl groups is 1. The predicted molar refractivity (Wildman–Crippen MR) is 70.9 cm³/mol. The van der Waals surface area contributed by atoms with E-state index < -0.39 is 0 Å². The summed E-state index contributed by atoms with van der Waals surface area (Å²) in [7, 11) is 0. The van der Waals surface area contributed by atoms with Gasteiger partial charge in [-0.05, 0) is 24.3 Å². The monoisotopic (exact) mass is 228 g/mol. The molecule has 2 N–H and O–H groups in total. The molecule has 0 saturated heterocycles. The quantitative estimate of drug-likeness (QED) is 0.772. The highest BCUT2D eigenvalue weighted by atomic mass is 16.3. The number of benzene rings is 2. The smallest absolute Gasteiger partial charge is 0.0627 e. The standard InChI is InChI=1S/C14H16N2O/c17-12-11-16(14-9-5-2-6-10-14)15-13-7-3-1-4-8-13/h1-10,15,17H,11-12H2. The molecule has 88 valence electrons. The first-order valence-electron chi connectivity index (χ1n) is 5.65. The van der Waals surface area contributed by atoms with Crippen LogP contribution in [-0.2, 0) is 0 Å². The molecule has 2 rings (SSSR count). The Hall–Kier alpha value is -2.00. The molecule has 0 fully saturated rings. The van der Waals surface area contributed by atoms with E-state index in [-0.39, 0.29) is 6.61 Å². The van der Waals surface area contributed by atoms with Crippen molar-refractivity contribution in [1.82, 2.24) is 0 Å². The van der Waals surface area contributed by atoms with Crippen LogP contribution in [0.15, 0.2) is 60.7 Å². The zero-order valence-corrected chi connectivity index (χ0v) is 9.58. The fourth-order valence-electron chi connectivity index (χ4n) is 1.63. The molecule has 17 heavy (non-hydrogen) atoms. The van der Waals surface area contributed by atoms with Gasteiger partial charge in [-0.25, -0.2) is 0 Å². The van der Waals surface area contributed by atoms with Crippen LogP contribution >= 0.6 is 0 Å². The summed E-state index contributed by atoms with van der Waals surface area (Å²) < 4.78 is 0. The highest BCUT2D eigenvalue weighted by Crippen LogP contribution is 2.15. The van der Waals surface area contributed by atoms with Crippen LogP contribution in [0.1, 0.15) is 0 Å². The molecular weight excluding hydrogens is 212 g/mol. The summed E-state index contributed by atoms with van der Waals surface area (Å²) in [6, 6.07) is 19.9. The summed E-state index contributed by atoms with van der Waals surface area (Å²) in [5.41, 5.74) is 5.31. The van der Waals surface area contributed by atoms with Crippen LogP contribution in [0, 0.1) is 0 Å². The predicted octanol–water partition coefficient (Wildman–Crippen LogP) is 2.51. The van der Waals surface area contributed by atoms with Crippen LogP contribution in [-0.4, -0.2) is 18.3 Å². The molecule has 0 heterocycles. The van der Waals surface area contributed by atoms with Gasteiger partial charge in [-0.15, -0.1) is 0 Å². The van der Waals surface area contributed by atoms with Crippen molar-refractivity contribution in [2.75, 3.05) is 23.6 Å². The minimum atomic E-state index is 0.106. The van der Waals surface area contributed by atoms with E-state index in [0.29, 0.717) is 6.54 Å². The van der Waals surface area contributed by atoms with E-state index in [1.807, 2.05) is 65.7 Å². The molecule has 0 spiro atoms. The molecule has 0 atom stereocenters. The number of nitrogens with one attached hydrogen (secondary N) is 1. The van der Waals surface area contributed by atoms with Gasteiger partial charge in [0.15, 0.2) is 0 Å². The van der Waals surface area contributed by atoms with Crippen molar-refractivity contribution in [2.24, 2.45) is 0 Å². The van der Waals surface area contributed by atoms with Gasteiger partial charge in [-0.3, -0.25) is 10.4 Å². The Kier molecular flexibility index (Phi) is 4.00. The second kappa shape index (κ2) is 5.92. The molecule has 0 saturated carbocycles. The van der Waals surface area contributed by atoms with Crippen molar-refractivity contribution in [2.45, 2.75) is 0 Å². The zero-order chi connectivity index (χ0) is 11.9. The Morgan fingerprint density at radius 3 is 2.06 bits per heavy atom. The molecule has 2 aromatic carbocycles. The number of hydrogen-bond acceptors (Lipinski definition) is 3.